The first-order valence-electron chi connectivity index (χ1n) is 11.0. The second-order valence-electron chi connectivity index (χ2n) is 8.53. The second-order valence-corrected chi connectivity index (χ2v) is 8.53. The summed E-state index contributed by atoms with van der Waals surface area (Å²) in [6.45, 7) is 2.95. The van der Waals surface area contributed by atoms with E-state index in [9.17, 15) is 9.59 Å². The first-order valence-corrected chi connectivity index (χ1v) is 11.0. The van der Waals surface area contributed by atoms with Gasteiger partial charge < -0.3 is 28.9 Å². The van der Waals surface area contributed by atoms with Crippen LogP contribution in [-0.4, -0.2) is 88.1 Å². The van der Waals surface area contributed by atoms with Crippen LogP contribution in [0, 0.1) is 0 Å². The molecule has 176 valence electrons. The van der Waals surface area contributed by atoms with Gasteiger partial charge in [0.2, 0.25) is 5.91 Å². The molecule has 1 saturated heterocycles. The van der Waals surface area contributed by atoms with Crippen molar-refractivity contribution in [1.82, 2.24) is 14.7 Å². The summed E-state index contributed by atoms with van der Waals surface area (Å²) in [7, 11) is 8.51. The van der Waals surface area contributed by atoms with Crippen LogP contribution in [0.1, 0.15) is 33.4 Å². The summed E-state index contributed by atoms with van der Waals surface area (Å²) >= 11 is 0. The van der Waals surface area contributed by atoms with Crippen LogP contribution in [0.15, 0.2) is 36.4 Å². The van der Waals surface area contributed by atoms with Gasteiger partial charge in [-0.15, -0.1) is 0 Å². The predicted molar refractivity (Wildman–Crippen MR) is 124 cm³/mol. The molecule has 0 N–H and O–H groups in total. The topological polar surface area (TPSA) is 71.5 Å². The molecule has 0 aromatic heterocycles. The minimum Gasteiger partial charge on any atom is -0.497 e. The fraction of sp³-hybridized carbons (Fsp3) is 0.440. The standard InChI is InChI=1S/C25H31N3O5/c1-26-10-12-28(13-11-26)25(30)22-18-14-20(32-4)21(33-5)15-19(18)24(29)27(2)23(22)16-6-8-17(31-3)9-7-16/h6-9,14-15,22-23H,10-13H2,1-5H3/t22-,23+/m1/s1. The number of hydrogen-bond donors (Lipinski definition) is 0. The average Bonchev–Trinajstić information content (AvgIpc) is 2.85. The third kappa shape index (κ3) is 4.11. The Hall–Kier alpha value is -3.26. The maximum absolute atomic E-state index is 14.0. The molecule has 2 aliphatic heterocycles. The highest BCUT2D eigenvalue weighted by atomic mass is 16.5. The molecule has 0 saturated carbocycles. The van der Waals surface area contributed by atoms with Gasteiger partial charge in [-0.05, 0) is 42.4 Å². The van der Waals surface area contributed by atoms with E-state index in [1.165, 1.54) is 7.11 Å². The van der Waals surface area contributed by atoms with Crippen LogP contribution >= 0.6 is 0 Å². The Morgan fingerprint density at radius 1 is 0.879 bits per heavy atom. The number of nitrogens with zero attached hydrogens (tertiary/aromatic N) is 3. The molecular formula is C25H31N3O5. The van der Waals surface area contributed by atoms with Crippen LogP contribution in [-0.2, 0) is 4.79 Å². The zero-order chi connectivity index (χ0) is 23.7. The summed E-state index contributed by atoms with van der Waals surface area (Å²) in [6.07, 6.45) is 0. The largest absolute Gasteiger partial charge is 0.497 e. The van der Waals surface area contributed by atoms with E-state index in [4.69, 9.17) is 14.2 Å². The van der Waals surface area contributed by atoms with Crippen molar-refractivity contribution >= 4 is 11.8 Å². The second kappa shape index (κ2) is 9.31. The van der Waals surface area contributed by atoms with Gasteiger partial charge >= 0.3 is 0 Å². The molecule has 2 aromatic rings. The molecular weight excluding hydrogens is 422 g/mol. The minimum absolute atomic E-state index is 0.0109. The number of amides is 2. The number of ether oxygens (including phenoxy) is 3. The summed E-state index contributed by atoms with van der Waals surface area (Å²) in [4.78, 5) is 33.2. The van der Waals surface area contributed by atoms with Gasteiger partial charge in [-0.1, -0.05) is 12.1 Å². The van der Waals surface area contributed by atoms with Gasteiger partial charge in [0.1, 0.15) is 5.75 Å². The SMILES string of the molecule is COc1ccc([C@H]2[C@H](C(=O)N3CCN(C)CC3)c3cc(OC)c(OC)cc3C(=O)N2C)cc1. The van der Waals surface area contributed by atoms with E-state index in [-0.39, 0.29) is 11.8 Å². The Kier molecular flexibility index (Phi) is 6.47. The molecule has 2 amide bonds. The quantitative estimate of drug-likeness (QED) is 0.693. The molecule has 2 atom stereocenters. The van der Waals surface area contributed by atoms with E-state index < -0.39 is 12.0 Å². The maximum Gasteiger partial charge on any atom is 0.254 e. The van der Waals surface area contributed by atoms with Crippen molar-refractivity contribution in [3.05, 3.63) is 53.1 Å². The molecule has 8 heteroatoms. The summed E-state index contributed by atoms with van der Waals surface area (Å²) in [5.74, 6) is 0.965. The first kappa shape index (κ1) is 22.9. The van der Waals surface area contributed by atoms with Crippen LogP contribution in [0.2, 0.25) is 0 Å². The monoisotopic (exact) mass is 453 g/mol. The molecule has 0 spiro atoms. The maximum atomic E-state index is 14.0. The Balaban J connectivity index is 1.86. The van der Waals surface area contributed by atoms with Gasteiger partial charge in [0.25, 0.3) is 5.91 Å². The van der Waals surface area contributed by atoms with Gasteiger partial charge in [-0.2, -0.15) is 0 Å². The molecule has 0 bridgehead atoms. The van der Waals surface area contributed by atoms with E-state index in [0.29, 0.717) is 35.7 Å². The van der Waals surface area contributed by atoms with Crippen molar-refractivity contribution in [2.45, 2.75) is 12.0 Å². The van der Waals surface area contributed by atoms with Crippen LogP contribution in [0.4, 0.5) is 0 Å². The van der Waals surface area contributed by atoms with Gasteiger partial charge in [-0.25, -0.2) is 0 Å². The van der Waals surface area contributed by atoms with Crippen LogP contribution in [0.3, 0.4) is 0 Å². The number of carbonyl (C=O) groups excluding carboxylic acids is 2. The summed E-state index contributed by atoms with van der Waals surface area (Å²) in [5.41, 5.74) is 2.01. The molecule has 8 nitrogen and oxygen atoms in total. The van der Waals surface area contributed by atoms with Crippen molar-refractivity contribution < 1.29 is 23.8 Å². The molecule has 0 radical (unpaired) electrons. The lowest BCUT2D eigenvalue weighted by atomic mass is 9.78. The van der Waals surface area contributed by atoms with Gasteiger partial charge in [0.05, 0.1) is 33.3 Å². The average molecular weight is 454 g/mol. The first-order chi connectivity index (χ1) is 15.9. The van der Waals surface area contributed by atoms with Crippen molar-refractivity contribution in [2.24, 2.45) is 0 Å². The van der Waals surface area contributed by atoms with Crippen molar-refractivity contribution in [2.75, 3.05) is 61.6 Å². The zero-order valence-electron chi connectivity index (χ0n) is 19.8. The summed E-state index contributed by atoms with van der Waals surface area (Å²) in [5, 5.41) is 0. The lowest BCUT2D eigenvalue weighted by Crippen LogP contribution is -2.52. The Labute approximate surface area is 194 Å². The van der Waals surface area contributed by atoms with Crippen LogP contribution in [0.25, 0.3) is 0 Å². The highest BCUT2D eigenvalue weighted by Crippen LogP contribution is 2.46. The third-order valence-corrected chi connectivity index (χ3v) is 6.71. The molecule has 0 unspecified atom stereocenters. The van der Waals surface area contributed by atoms with Gasteiger partial charge in [0, 0.05) is 38.8 Å². The predicted octanol–water partition coefficient (Wildman–Crippen LogP) is 2.40. The van der Waals surface area contributed by atoms with Gasteiger partial charge in [0.15, 0.2) is 11.5 Å². The van der Waals surface area contributed by atoms with Crippen molar-refractivity contribution in [1.29, 1.82) is 0 Å². The normalized spacial score (nSPS) is 20.9. The van der Waals surface area contributed by atoms with Crippen LogP contribution in [0.5, 0.6) is 17.2 Å². The van der Waals surface area contributed by atoms with Gasteiger partial charge in [-0.3, -0.25) is 9.59 Å². The number of hydrogen-bond acceptors (Lipinski definition) is 6. The molecule has 2 aliphatic rings. The molecule has 0 aliphatic carbocycles. The number of benzene rings is 2. The highest BCUT2D eigenvalue weighted by molar-refractivity contribution is 6.02. The van der Waals surface area contributed by atoms with E-state index >= 15 is 0 Å². The fourth-order valence-electron chi connectivity index (χ4n) is 4.76. The van der Waals surface area contributed by atoms with Crippen molar-refractivity contribution in [3.63, 3.8) is 0 Å². The Bertz CT molecular complexity index is 1030. The van der Waals surface area contributed by atoms with Crippen molar-refractivity contribution in [3.8, 4) is 17.2 Å². The number of likely N-dealkylation sites (N-methyl/N-ethyl adjacent to an activating group) is 2. The van der Waals surface area contributed by atoms with E-state index in [2.05, 4.69) is 11.9 Å². The number of carbonyl (C=O) groups is 2. The van der Waals surface area contributed by atoms with E-state index in [1.54, 1.807) is 38.3 Å². The Morgan fingerprint density at radius 2 is 1.48 bits per heavy atom. The highest BCUT2D eigenvalue weighted by Gasteiger charge is 2.45. The number of rotatable bonds is 5. The van der Waals surface area contributed by atoms with E-state index in [1.807, 2.05) is 29.2 Å². The fourth-order valence-corrected chi connectivity index (χ4v) is 4.76. The lowest BCUT2D eigenvalue weighted by Gasteiger charge is -2.43. The molecule has 33 heavy (non-hydrogen) atoms. The zero-order valence-corrected chi connectivity index (χ0v) is 19.8. The molecule has 2 aromatic carbocycles. The number of fused-ring (bicyclic) bond motifs is 1. The third-order valence-electron chi connectivity index (χ3n) is 6.71. The number of methoxy groups -OCH3 is 3. The minimum atomic E-state index is -0.570. The Morgan fingerprint density at radius 3 is 2.06 bits per heavy atom. The van der Waals surface area contributed by atoms with E-state index in [0.717, 1.165) is 24.4 Å². The molecule has 2 heterocycles. The molecule has 1 fully saturated rings. The molecule has 4 rings (SSSR count). The summed E-state index contributed by atoms with van der Waals surface area (Å²) < 4.78 is 16.3. The number of piperazine rings is 1. The smallest absolute Gasteiger partial charge is 0.254 e. The summed E-state index contributed by atoms with van der Waals surface area (Å²) in [6, 6.07) is 10.6. The lowest BCUT2D eigenvalue weighted by molar-refractivity contribution is -0.136. The van der Waals surface area contributed by atoms with Crippen LogP contribution < -0.4 is 14.2 Å².